The number of rotatable bonds is 7. The Bertz CT molecular complexity index is 880. The monoisotopic (exact) mass is 423 g/mol. The van der Waals surface area contributed by atoms with Crippen LogP contribution in [-0.2, 0) is 4.79 Å². The molecule has 0 aliphatic carbocycles. The second-order valence-electron chi connectivity index (χ2n) is 8.56. The standard InChI is InChI=1S/C25H33N3O3/c1-18(2)21-7-4-8-23(14-21)31-17-24(29)28-13-5-6-20(16-28)15-26-25(30)27-22-11-9-19(3)10-12-22/h4,7-12,14,18,20H,5-6,13,15-17H2,1-3H3,(H2,26,27,30). The number of hydrogen-bond acceptors (Lipinski definition) is 3. The van der Waals surface area contributed by atoms with Gasteiger partial charge in [-0.1, -0.05) is 43.7 Å². The SMILES string of the molecule is Cc1ccc(NC(=O)NCC2CCCN(C(=O)COc3cccc(C(C)C)c3)C2)cc1. The predicted octanol–water partition coefficient (Wildman–Crippen LogP) is 4.56. The molecule has 6 heteroatoms. The number of urea groups is 1. The molecule has 1 unspecified atom stereocenters. The zero-order valence-corrected chi connectivity index (χ0v) is 18.7. The lowest BCUT2D eigenvalue weighted by Gasteiger charge is -2.32. The first-order chi connectivity index (χ1) is 14.9. The van der Waals surface area contributed by atoms with E-state index in [-0.39, 0.29) is 24.5 Å². The van der Waals surface area contributed by atoms with Gasteiger partial charge in [-0.2, -0.15) is 0 Å². The molecule has 0 spiro atoms. The normalized spacial score (nSPS) is 16.1. The van der Waals surface area contributed by atoms with Gasteiger partial charge in [-0.3, -0.25) is 4.79 Å². The fourth-order valence-electron chi connectivity index (χ4n) is 3.71. The van der Waals surface area contributed by atoms with E-state index in [2.05, 4.69) is 30.5 Å². The lowest BCUT2D eigenvalue weighted by Crippen LogP contribution is -2.45. The van der Waals surface area contributed by atoms with E-state index in [0.717, 1.165) is 36.4 Å². The van der Waals surface area contributed by atoms with E-state index in [1.165, 1.54) is 5.56 Å². The van der Waals surface area contributed by atoms with Crippen molar-refractivity contribution in [2.75, 3.05) is 31.6 Å². The van der Waals surface area contributed by atoms with E-state index in [0.29, 0.717) is 19.0 Å². The number of carbonyl (C=O) groups is 2. The maximum Gasteiger partial charge on any atom is 0.319 e. The Balaban J connectivity index is 1.43. The van der Waals surface area contributed by atoms with Crippen molar-refractivity contribution in [2.45, 2.75) is 39.5 Å². The van der Waals surface area contributed by atoms with Crippen LogP contribution in [0.3, 0.4) is 0 Å². The van der Waals surface area contributed by atoms with Crippen molar-refractivity contribution in [2.24, 2.45) is 5.92 Å². The lowest BCUT2D eigenvalue weighted by atomic mass is 9.98. The summed E-state index contributed by atoms with van der Waals surface area (Å²) in [5.74, 6) is 1.37. The number of aryl methyl sites for hydroxylation is 1. The average molecular weight is 424 g/mol. The third-order valence-electron chi connectivity index (χ3n) is 5.62. The highest BCUT2D eigenvalue weighted by atomic mass is 16.5. The minimum absolute atomic E-state index is 0.0104. The minimum atomic E-state index is -0.222. The fraction of sp³-hybridized carbons (Fsp3) is 0.440. The summed E-state index contributed by atoms with van der Waals surface area (Å²) in [7, 11) is 0. The summed E-state index contributed by atoms with van der Waals surface area (Å²) in [5.41, 5.74) is 3.11. The molecule has 1 saturated heterocycles. The van der Waals surface area contributed by atoms with Gasteiger partial charge in [0.05, 0.1) is 0 Å². The Morgan fingerprint density at radius 2 is 1.94 bits per heavy atom. The summed E-state index contributed by atoms with van der Waals surface area (Å²) in [6.45, 7) is 8.22. The van der Waals surface area contributed by atoms with Gasteiger partial charge in [-0.15, -0.1) is 0 Å². The summed E-state index contributed by atoms with van der Waals surface area (Å²) in [6, 6.07) is 15.4. The van der Waals surface area contributed by atoms with Crippen LogP contribution in [0, 0.1) is 12.8 Å². The van der Waals surface area contributed by atoms with E-state index >= 15 is 0 Å². The van der Waals surface area contributed by atoms with E-state index in [9.17, 15) is 9.59 Å². The number of hydrogen-bond donors (Lipinski definition) is 2. The quantitative estimate of drug-likeness (QED) is 0.686. The summed E-state index contributed by atoms with van der Waals surface area (Å²) in [5, 5.41) is 5.77. The van der Waals surface area contributed by atoms with Gasteiger partial charge in [-0.25, -0.2) is 4.79 Å². The summed E-state index contributed by atoms with van der Waals surface area (Å²) >= 11 is 0. The van der Waals surface area contributed by atoms with E-state index in [1.54, 1.807) is 0 Å². The molecule has 3 amide bonds. The molecule has 2 N–H and O–H groups in total. The minimum Gasteiger partial charge on any atom is -0.484 e. The molecule has 1 atom stereocenters. The van der Waals surface area contributed by atoms with Crippen LogP contribution < -0.4 is 15.4 Å². The molecule has 0 aromatic heterocycles. The first-order valence-corrected chi connectivity index (χ1v) is 11.0. The number of carbonyl (C=O) groups excluding carboxylic acids is 2. The molecule has 2 aromatic carbocycles. The van der Waals surface area contributed by atoms with E-state index in [4.69, 9.17) is 4.74 Å². The van der Waals surface area contributed by atoms with Gasteiger partial charge < -0.3 is 20.3 Å². The Morgan fingerprint density at radius 3 is 2.68 bits per heavy atom. The number of piperidine rings is 1. The molecule has 0 radical (unpaired) electrons. The van der Waals surface area contributed by atoms with Crippen LogP contribution in [0.4, 0.5) is 10.5 Å². The van der Waals surface area contributed by atoms with Gasteiger partial charge >= 0.3 is 6.03 Å². The fourth-order valence-corrected chi connectivity index (χ4v) is 3.71. The van der Waals surface area contributed by atoms with Crippen molar-refractivity contribution in [1.29, 1.82) is 0 Å². The second-order valence-corrected chi connectivity index (χ2v) is 8.56. The van der Waals surface area contributed by atoms with Crippen molar-refractivity contribution in [3.63, 3.8) is 0 Å². The predicted molar refractivity (Wildman–Crippen MR) is 124 cm³/mol. The zero-order valence-electron chi connectivity index (χ0n) is 18.7. The first kappa shape index (κ1) is 22.7. The Morgan fingerprint density at radius 1 is 1.16 bits per heavy atom. The second kappa shape index (κ2) is 10.8. The van der Waals surface area contributed by atoms with E-state index < -0.39 is 0 Å². The van der Waals surface area contributed by atoms with E-state index in [1.807, 2.05) is 54.3 Å². The molecule has 1 aliphatic heterocycles. The highest BCUT2D eigenvalue weighted by Crippen LogP contribution is 2.21. The van der Waals surface area contributed by atoms with Gasteiger partial charge in [0.15, 0.2) is 6.61 Å². The van der Waals surface area contributed by atoms with Gasteiger partial charge in [0, 0.05) is 25.3 Å². The number of ether oxygens (including phenoxy) is 1. The summed E-state index contributed by atoms with van der Waals surface area (Å²) < 4.78 is 5.75. The van der Waals surface area contributed by atoms with Crippen LogP contribution >= 0.6 is 0 Å². The molecule has 3 rings (SSSR count). The molecule has 0 bridgehead atoms. The third-order valence-corrected chi connectivity index (χ3v) is 5.62. The maximum absolute atomic E-state index is 12.6. The number of nitrogens with zero attached hydrogens (tertiary/aromatic N) is 1. The molecular weight excluding hydrogens is 390 g/mol. The molecular formula is C25H33N3O3. The number of amides is 3. The molecule has 6 nitrogen and oxygen atoms in total. The van der Waals surface area contributed by atoms with Crippen LogP contribution in [0.15, 0.2) is 48.5 Å². The van der Waals surface area contributed by atoms with Crippen molar-refractivity contribution in [3.05, 3.63) is 59.7 Å². The average Bonchev–Trinajstić information content (AvgIpc) is 2.78. The Labute approximate surface area is 185 Å². The van der Waals surface area contributed by atoms with Crippen LogP contribution in [-0.4, -0.2) is 43.1 Å². The zero-order chi connectivity index (χ0) is 22.2. The van der Waals surface area contributed by atoms with Gasteiger partial charge in [0.1, 0.15) is 5.75 Å². The van der Waals surface area contributed by atoms with Gasteiger partial charge in [-0.05, 0) is 61.4 Å². The highest BCUT2D eigenvalue weighted by Gasteiger charge is 2.24. The highest BCUT2D eigenvalue weighted by molar-refractivity contribution is 5.89. The first-order valence-electron chi connectivity index (χ1n) is 11.0. The van der Waals surface area contributed by atoms with Crippen molar-refractivity contribution in [1.82, 2.24) is 10.2 Å². The summed E-state index contributed by atoms with van der Waals surface area (Å²) in [4.78, 5) is 26.7. The molecule has 166 valence electrons. The summed E-state index contributed by atoms with van der Waals surface area (Å²) in [6.07, 6.45) is 1.92. The lowest BCUT2D eigenvalue weighted by molar-refractivity contribution is -0.135. The molecule has 0 saturated carbocycles. The molecule has 31 heavy (non-hydrogen) atoms. The van der Waals surface area contributed by atoms with Crippen molar-refractivity contribution in [3.8, 4) is 5.75 Å². The van der Waals surface area contributed by atoms with Gasteiger partial charge in [0.25, 0.3) is 5.91 Å². The number of likely N-dealkylation sites (tertiary alicyclic amines) is 1. The topological polar surface area (TPSA) is 70.7 Å². The molecule has 1 heterocycles. The van der Waals surface area contributed by atoms with Crippen LogP contribution in [0.25, 0.3) is 0 Å². The number of benzene rings is 2. The number of anilines is 1. The smallest absolute Gasteiger partial charge is 0.319 e. The molecule has 1 fully saturated rings. The van der Waals surface area contributed by atoms with Crippen LogP contribution in [0.2, 0.25) is 0 Å². The Kier molecular flexibility index (Phi) is 7.93. The Hall–Kier alpha value is -3.02. The molecule has 1 aliphatic rings. The van der Waals surface area contributed by atoms with Crippen LogP contribution in [0.5, 0.6) is 5.75 Å². The van der Waals surface area contributed by atoms with Gasteiger partial charge in [0.2, 0.25) is 0 Å². The molecule has 2 aromatic rings. The van der Waals surface area contributed by atoms with Crippen molar-refractivity contribution < 1.29 is 14.3 Å². The largest absolute Gasteiger partial charge is 0.484 e. The maximum atomic E-state index is 12.6. The third kappa shape index (κ3) is 7.02. The number of nitrogens with one attached hydrogen (secondary N) is 2. The van der Waals surface area contributed by atoms with Crippen molar-refractivity contribution >= 4 is 17.6 Å². The van der Waals surface area contributed by atoms with Crippen LogP contribution in [0.1, 0.15) is 43.7 Å².